The molecule has 0 saturated carbocycles. The summed E-state index contributed by atoms with van der Waals surface area (Å²) in [4.78, 5) is 41.1. The van der Waals surface area contributed by atoms with E-state index in [4.69, 9.17) is 38.4 Å². The topological polar surface area (TPSA) is 113 Å². The van der Waals surface area contributed by atoms with Crippen LogP contribution in [-0.2, 0) is 14.3 Å². The van der Waals surface area contributed by atoms with Gasteiger partial charge >= 0.3 is 5.97 Å². The summed E-state index contributed by atoms with van der Waals surface area (Å²) in [6, 6.07) is 20.6. The van der Waals surface area contributed by atoms with Crippen molar-refractivity contribution in [2.45, 2.75) is 5.92 Å². The molecule has 41 heavy (non-hydrogen) atoms. The number of ether oxygens (including phenoxy) is 2. The summed E-state index contributed by atoms with van der Waals surface area (Å²) in [6.45, 7) is 0. The van der Waals surface area contributed by atoms with E-state index in [0.29, 0.717) is 32.6 Å². The summed E-state index contributed by atoms with van der Waals surface area (Å²) in [5, 5.41) is 3.62. The molecule has 0 radical (unpaired) electrons. The van der Waals surface area contributed by atoms with Crippen LogP contribution in [0.3, 0.4) is 0 Å². The van der Waals surface area contributed by atoms with Crippen molar-refractivity contribution >= 4 is 69.6 Å². The van der Waals surface area contributed by atoms with E-state index in [1.165, 1.54) is 14.2 Å². The first-order chi connectivity index (χ1) is 19.7. The fourth-order valence-electron chi connectivity index (χ4n) is 4.60. The van der Waals surface area contributed by atoms with Crippen LogP contribution in [0.1, 0.15) is 17.0 Å². The number of hydrogen-bond acceptors (Lipinski definition) is 7. The number of thiazole rings is 1. The van der Waals surface area contributed by atoms with Crippen LogP contribution < -0.4 is 30.5 Å². The number of nitrogens with one attached hydrogen (secondary N) is 1. The molecule has 1 aliphatic rings. The average Bonchev–Trinajstić information content (AvgIpc) is 3.29. The van der Waals surface area contributed by atoms with Gasteiger partial charge in [0.25, 0.3) is 11.5 Å². The lowest BCUT2D eigenvalue weighted by Gasteiger charge is -2.27. The van der Waals surface area contributed by atoms with Crippen LogP contribution in [0.2, 0.25) is 10.0 Å². The molecule has 1 aliphatic heterocycles. The van der Waals surface area contributed by atoms with Crippen LogP contribution >= 0.6 is 34.5 Å². The highest BCUT2D eigenvalue weighted by Crippen LogP contribution is 2.40. The molecular weight excluding hydrogens is 585 g/mol. The highest BCUT2D eigenvalue weighted by molar-refractivity contribution is 7.07. The molecule has 1 atom stereocenters. The summed E-state index contributed by atoms with van der Waals surface area (Å²) >= 11 is 14.0. The number of hydrogen-bond donors (Lipinski definition) is 2. The maximum atomic E-state index is 14.1. The average molecular weight is 609 g/mol. The number of carbonyl (C=O) groups is 2. The number of nitrogens with two attached hydrogens (primary N) is 1. The Balaban J connectivity index is 1.84. The zero-order valence-electron chi connectivity index (χ0n) is 21.8. The number of fused-ring (bicyclic) bond motifs is 1. The van der Waals surface area contributed by atoms with Gasteiger partial charge in [0.2, 0.25) is 0 Å². The zero-order valence-corrected chi connectivity index (χ0v) is 24.1. The third-order valence-electron chi connectivity index (χ3n) is 6.55. The number of nitrogens with zero attached hydrogens (tertiary/aromatic N) is 1. The van der Waals surface area contributed by atoms with E-state index >= 15 is 0 Å². The van der Waals surface area contributed by atoms with Gasteiger partial charge in [-0.25, -0.2) is 4.79 Å². The van der Waals surface area contributed by atoms with Crippen molar-refractivity contribution in [3.63, 3.8) is 0 Å². The first kappa shape index (κ1) is 28.2. The predicted molar refractivity (Wildman–Crippen MR) is 161 cm³/mol. The molecule has 1 unspecified atom stereocenters. The van der Waals surface area contributed by atoms with Crippen LogP contribution in [0.15, 0.2) is 83.2 Å². The molecule has 1 amide bonds. The summed E-state index contributed by atoms with van der Waals surface area (Å²) < 4.78 is 12.0. The Morgan fingerprint density at radius 3 is 2.24 bits per heavy atom. The van der Waals surface area contributed by atoms with Crippen LogP contribution in [0.25, 0.3) is 17.5 Å². The van der Waals surface area contributed by atoms with Gasteiger partial charge in [0.15, 0.2) is 0 Å². The second-order valence-corrected chi connectivity index (χ2v) is 10.8. The van der Waals surface area contributed by atoms with Gasteiger partial charge in [0.1, 0.15) is 16.2 Å². The second-order valence-electron chi connectivity index (χ2n) is 8.92. The van der Waals surface area contributed by atoms with Crippen molar-refractivity contribution in [3.05, 3.63) is 119 Å². The molecule has 0 bridgehead atoms. The van der Waals surface area contributed by atoms with Gasteiger partial charge < -0.3 is 20.5 Å². The maximum Gasteiger partial charge on any atom is 0.338 e. The minimum atomic E-state index is -1.04. The second kappa shape index (κ2) is 11.7. The molecule has 11 heteroatoms. The van der Waals surface area contributed by atoms with Crippen LogP contribution in [-0.4, -0.2) is 30.7 Å². The quantitative estimate of drug-likeness (QED) is 0.321. The van der Waals surface area contributed by atoms with E-state index in [1.54, 1.807) is 78.9 Å². The molecule has 1 aromatic heterocycles. The Kier molecular flexibility index (Phi) is 8.03. The Morgan fingerprint density at radius 2 is 1.61 bits per heavy atom. The third kappa shape index (κ3) is 5.27. The van der Waals surface area contributed by atoms with Gasteiger partial charge in [0.05, 0.1) is 35.8 Å². The number of amides is 1. The number of aromatic nitrogens is 1. The highest BCUT2D eigenvalue weighted by Gasteiger charge is 2.40. The van der Waals surface area contributed by atoms with Crippen molar-refractivity contribution in [1.29, 1.82) is 0 Å². The number of benzene rings is 3. The van der Waals surface area contributed by atoms with E-state index in [-0.39, 0.29) is 26.2 Å². The van der Waals surface area contributed by atoms with Gasteiger partial charge in [0, 0.05) is 15.7 Å². The fourth-order valence-corrected chi connectivity index (χ4v) is 6.21. The minimum absolute atomic E-state index is 0.0859. The molecule has 5 rings (SSSR count). The Morgan fingerprint density at radius 1 is 0.951 bits per heavy atom. The van der Waals surface area contributed by atoms with Crippen molar-refractivity contribution in [2.75, 3.05) is 19.5 Å². The van der Waals surface area contributed by atoms with Gasteiger partial charge in [-0.15, -0.1) is 11.3 Å². The number of rotatable bonds is 6. The predicted octanol–water partition coefficient (Wildman–Crippen LogP) is 3.94. The Labute approximate surface area is 248 Å². The molecule has 0 fully saturated rings. The standard InChI is InChI=1S/C30H23Cl2N3O5S/c1-39-18-13-11-17(12-14-18)34-27(36)25-23(19-8-4-6-10-21(19)32)24(30(38)40-2)26(33)35-28(37)22(41-29(25)35)15-16-7-3-5-9-20(16)31/h3-15,23H,33H2,1-2H3,(H,34,36)/b22-15+. The molecule has 4 aromatic rings. The van der Waals surface area contributed by atoms with Crippen molar-refractivity contribution in [1.82, 2.24) is 4.57 Å². The molecule has 0 saturated heterocycles. The lowest BCUT2D eigenvalue weighted by Crippen LogP contribution is -2.42. The van der Waals surface area contributed by atoms with E-state index in [9.17, 15) is 14.4 Å². The van der Waals surface area contributed by atoms with Crippen molar-refractivity contribution in [3.8, 4) is 5.75 Å². The van der Waals surface area contributed by atoms with Gasteiger partial charge in [-0.2, -0.15) is 0 Å². The van der Waals surface area contributed by atoms with Crippen LogP contribution in [0.5, 0.6) is 5.75 Å². The molecule has 0 spiro atoms. The smallest absolute Gasteiger partial charge is 0.338 e. The van der Waals surface area contributed by atoms with Crippen LogP contribution in [0.4, 0.5) is 5.69 Å². The molecule has 3 aromatic carbocycles. The van der Waals surface area contributed by atoms with Gasteiger partial charge in [-0.05, 0) is 53.6 Å². The van der Waals surface area contributed by atoms with Crippen LogP contribution in [0, 0.1) is 0 Å². The lowest BCUT2D eigenvalue weighted by atomic mass is 9.82. The summed E-state index contributed by atoms with van der Waals surface area (Å²) in [5.41, 5.74) is 7.55. The number of methoxy groups -OCH3 is 2. The monoisotopic (exact) mass is 607 g/mol. The number of carbonyl (C=O) groups excluding carboxylic acids is 2. The van der Waals surface area contributed by atoms with E-state index < -0.39 is 23.4 Å². The molecule has 0 aliphatic carbocycles. The number of anilines is 1. The van der Waals surface area contributed by atoms with Crippen molar-refractivity contribution < 1.29 is 19.1 Å². The van der Waals surface area contributed by atoms with Crippen molar-refractivity contribution in [2.24, 2.45) is 5.73 Å². The minimum Gasteiger partial charge on any atom is -0.497 e. The molecule has 208 valence electrons. The summed E-state index contributed by atoms with van der Waals surface area (Å²) in [5.74, 6) is -1.95. The highest BCUT2D eigenvalue weighted by atomic mass is 35.5. The number of halogens is 2. The largest absolute Gasteiger partial charge is 0.497 e. The third-order valence-corrected chi connectivity index (χ3v) is 8.35. The van der Waals surface area contributed by atoms with Gasteiger partial charge in [-0.3, -0.25) is 14.2 Å². The zero-order chi connectivity index (χ0) is 29.3. The van der Waals surface area contributed by atoms with E-state index in [2.05, 4.69) is 5.32 Å². The normalized spacial score (nSPS) is 15.0. The number of esters is 1. The Bertz CT molecular complexity index is 1890. The SMILES string of the molecule is COC(=O)C1=C(N)n2c(s/c(=C/c3ccccc3Cl)c2=O)=C(C(=O)Nc2ccc(OC)cc2)C1c1ccccc1Cl. The molecule has 2 heterocycles. The molecule has 8 nitrogen and oxygen atoms in total. The summed E-state index contributed by atoms with van der Waals surface area (Å²) in [6.07, 6.45) is 1.62. The van der Waals surface area contributed by atoms with E-state index in [0.717, 1.165) is 15.9 Å². The molecular formula is C30H23Cl2N3O5S. The maximum absolute atomic E-state index is 14.1. The van der Waals surface area contributed by atoms with Gasteiger partial charge in [-0.1, -0.05) is 59.6 Å². The fraction of sp³-hybridized carbons (Fsp3) is 0.100. The summed E-state index contributed by atoms with van der Waals surface area (Å²) in [7, 11) is 2.74. The first-order valence-electron chi connectivity index (χ1n) is 12.3. The lowest BCUT2D eigenvalue weighted by molar-refractivity contribution is -0.136. The Hall–Kier alpha value is -4.31. The first-order valence-corrected chi connectivity index (χ1v) is 13.8. The van der Waals surface area contributed by atoms with E-state index in [1.807, 2.05) is 0 Å². The molecule has 3 N–H and O–H groups in total.